The lowest BCUT2D eigenvalue weighted by atomic mass is 10.2. The lowest BCUT2D eigenvalue weighted by Crippen LogP contribution is -2.45. The molecule has 0 saturated carbocycles. The first-order chi connectivity index (χ1) is 12.9. The number of anilines is 1. The Labute approximate surface area is 158 Å². The Kier molecular flexibility index (Phi) is 7.13. The zero-order chi connectivity index (χ0) is 19.7. The SMILES string of the molecule is CCOC(=O)CN(C(=O)NS(=O)(=O)C=Cc1ccccc1)c1ccccc1. The lowest BCUT2D eigenvalue weighted by Gasteiger charge is -2.21. The predicted molar refractivity (Wildman–Crippen MR) is 103 cm³/mol. The van der Waals surface area contributed by atoms with Gasteiger partial charge in [-0.05, 0) is 30.7 Å². The first-order valence-electron chi connectivity index (χ1n) is 8.19. The third-order valence-electron chi connectivity index (χ3n) is 3.37. The fourth-order valence-corrected chi connectivity index (χ4v) is 2.93. The van der Waals surface area contributed by atoms with Crippen molar-refractivity contribution in [2.75, 3.05) is 18.1 Å². The molecule has 0 radical (unpaired) electrons. The van der Waals surface area contributed by atoms with Gasteiger partial charge >= 0.3 is 12.0 Å². The van der Waals surface area contributed by atoms with Crippen LogP contribution in [-0.4, -0.2) is 33.6 Å². The number of carbonyl (C=O) groups excluding carboxylic acids is 2. The minimum Gasteiger partial charge on any atom is -0.465 e. The molecule has 0 saturated heterocycles. The maximum absolute atomic E-state index is 12.5. The largest absolute Gasteiger partial charge is 0.465 e. The normalized spacial score (nSPS) is 11.1. The third kappa shape index (κ3) is 6.59. The molecule has 7 nitrogen and oxygen atoms in total. The Morgan fingerprint density at radius 1 is 1.04 bits per heavy atom. The molecule has 0 aromatic heterocycles. The van der Waals surface area contributed by atoms with Crippen molar-refractivity contribution in [3.63, 3.8) is 0 Å². The average Bonchev–Trinajstić information content (AvgIpc) is 2.66. The van der Waals surface area contributed by atoms with E-state index in [-0.39, 0.29) is 6.61 Å². The number of sulfonamides is 1. The lowest BCUT2D eigenvalue weighted by molar-refractivity contribution is -0.141. The quantitative estimate of drug-likeness (QED) is 0.736. The Balaban J connectivity index is 2.16. The molecule has 0 aliphatic carbocycles. The zero-order valence-corrected chi connectivity index (χ0v) is 15.6. The first kappa shape index (κ1) is 20.2. The number of urea groups is 1. The van der Waals surface area contributed by atoms with Gasteiger partial charge in [0, 0.05) is 5.69 Å². The van der Waals surface area contributed by atoms with Crippen LogP contribution in [0.15, 0.2) is 66.1 Å². The second-order valence-electron chi connectivity index (χ2n) is 5.39. The molecule has 142 valence electrons. The zero-order valence-electron chi connectivity index (χ0n) is 14.7. The summed E-state index contributed by atoms with van der Waals surface area (Å²) in [5.41, 5.74) is 1.03. The van der Waals surface area contributed by atoms with E-state index in [9.17, 15) is 18.0 Å². The van der Waals surface area contributed by atoms with Crippen LogP contribution in [0.2, 0.25) is 0 Å². The van der Waals surface area contributed by atoms with Crippen molar-refractivity contribution in [1.82, 2.24) is 4.72 Å². The second kappa shape index (κ2) is 9.54. The maximum Gasteiger partial charge on any atom is 0.336 e. The van der Waals surface area contributed by atoms with Crippen LogP contribution in [-0.2, 0) is 19.6 Å². The standard InChI is InChI=1S/C19H20N2O5S/c1-2-26-18(22)15-21(17-11-7-4-8-12-17)19(23)20-27(24,25)14-13-16-9-5-3-6-10-16/h3-14H,2,15H2,1H3,(H,20,23). The molecule has 2 aromatic rings. The summed E-state index contributed by atoms with van der Waals surface area (Å²) in [5, 5.41) is 0.897. The molecule has 8 heteroatoms. The van der Waals surface area contributed by atoms with E-state index >= 15 is 0 Å². The van der Waals surface area contributed by atoms with Gasteiger partial charge in [0.25, 0.3) is 10.0 Å². The number of para-hydroxylation sites is 1. The highest BCUT2D eigenvalue weighted by Crippen LogP contribution is 2.14. The molecule has 0 aliphatic rings. The number of carbonyl (C=O) groups is 2. The molecule has 2 amide bonds. The highest BCUT2D eigenvalue weighted by atomic mass is 32.2. The van der Waals surface area contributed by atoms with Gasteiger partial charge in [-0.3, -0.25) is 9.69 Å². The summed E-state index contributed by atoms with van der Waals surface area (Å²) in [4.78, 5) is 25.3. The van der Waals surface area contributed by atoms with Crippen LogP contribution >= 0.6 is 0 Å². The molecular weight excluding hydrogens is 368 g/mol. The molecule has 0 atom stereocenters. The second-order valence-corrected chi connectivity index (χ2v) is 6.96. The van der Waals surface area contributed by atoms with Crippen LogP contribution in [0.3, 0.4) is 0 Å². The van der Waals surface area contributed by atoms with Gasteiger partial charge < -0.3 is 4.74 Å². The number of amides is 2. The van der Waals surface area contributed by atoms with Crippen molar-refractivity contribution in [2.24, 2.45) is 0 Å². The monoisotopic (exact) mass is 388 g/mol. The van der Waals surface area contributed by atoms with E-state index in [1.807, 2.05) is 4.72 Å². The summed E-state index contributed by atoms with van der Waals surface area (Å²) in [5.74, 6) is -0.645. The van der Waals surface area contributed by atoms with Crippen molar-refractivity contribution < 1.29 is 22.7 Å². The van der Waals surface area contributed by atoms with Crippen molar-refractivity contribution in [3.8, 4) is 0 Å². The van der Waals surface area contributed by atoms with Crippen LogP contribution in [0.1, 0.15) is 12.5 Å². The van der Waals surface area contributed by atoms with Crippen LogP contribution in [0, 0.1) is 0 Å². The third-order valence-corrected chi connectivity index (χ3v) is 4.33. The summed E-state index contributed by atoms with van der Waals surface area (Å²) < 4.78 is 31.2. The van der Waals surface area contributed by atoms with Gasteiger partial charge in [-0.25, -0.2) is 17.9 Å². The molecule has 0 unspecified atom stereocenters. The van der Waals surface area contributed by atoms with E-state index in [0.29, 0.717) is 11.3 Å². The van der Waals surface area contributed by atoms with Crippen LogP contribution < -0.4 is 9.62 Å². The fourth-order valence-electron chi connectivity index (χ4n) is 2.17. The van der Waals surface area contributed by atoms with Gasteiger partial charge in [0.15, 0.2) is 0 Å². The van der Waals surface area contributed by atoms with E-state index in [2.05, 4.69) is 0 Å². The number of rotatable bonds is 7. The van der Waals surface area contributed by atoms with Gasteiger partial charge in [-0.1, -0.05) is 48.5 Å². The molecule has 27 heavy (non-hydrogen) atoms. The van der Waals surface area contributed by atoms with E-state index in [1.165, 1.54) is 6.08 Å². The van der Waals surface area contributed by atoms with Crippen molar-refractivity contribution in [1.29, 1.82) is 0 Å². The van der Waals surface area contributed by atoms with Crippen molar-refractivity contribution >= 4 is 33.8 Å². The highest BCUT2D eigenvalue weighted by molar-refractivity contribution is 7.93. The molecule has 0 aliphatic heterocycles. The molecule has 2 rings (SSSR count). The molecule has 0 bridgehead atoms. The van der Waals surface area contributed by atoms with Gasteiger partial charge in [0.1, 0.15) is 6.54 Å². The number of esters is 1. The summed E-state index contributed by atoms with van der Waals surface area (Å²) in [6.07, 6.45) is 1.37. The molecule has 0 heterocycles. The molecule has 1 N–H and O–H groups in total. The highest BCUT2D eigenvalue weighted by Gasteiger charge is 2.23. The predicted octanol–water partition coefficient (Wildman–Crippen LogP) is 2.77. The van der Waals surface area contributed by atoms with Gasteiger partial charge in [0.05, 0.1) is 12.0 Å². The maximum atomic E-state index is 12.5. The fraction of sp³-hybridized carbons (Fsp3) is 0.158. The van der Waals surface area contributed by atoms with E-state index in [1.54, 1.807) is 67.6 Å². The average molecular weight is 388 g/mol. The summed E-state index contributed by atoms with van der Waals surface area (Å²) in [6, 6.07) is 16.1. The van der Waals surface area contributed by atoms with Crippen LogP contribution in [0.5, 0.6) is 0 Å². The van der Waals surface area contributed by atoms with Crippen LogP contribution in [0.25, 0.3) is 6.08 Å². The van der Waals surface area contributed by atoms with Crippen LogP contribution in [0.4, 0.5) is 10.5 Å². The Hall–Kier alpha value is -3.13. The number of nitrogens with zero attached hydrogens (tertiary/aromatic N) is 1. The molecule has 0 fully saturated rings. The minimum absolute atomic E-state index is 0.154. The first-order valence-corrected chi connectivity index (χ1v) is 9.74. The number of ether oxygens (including phenoxy) is 1. The Morgan fingerprint density at radius 3 is 2.22 bits per heavy atom. The van der Waals surface area contributed by atoms with Gasteiger partial charge in [0.2, 0.25) is 0 Å². The Morgan fingerprint density at radius 2 is 1.63 bits per heavy atom. The van der Waals surface area contributed by atoms with E-state index in [4.69, 9.17) is 4.74 Å². The number of nitrogens with one attached hydrogen (secondary N) is 1. The summed E-state index contributed by atoms with van der Waals surface area (Å²) >= 11 is 0. The Bertz CT molecular complexity index is 896. The van der Waals surface area contributed by atoms with Crippen molar-refractivity contribution in [3.05, 3.63) is 71.6 Å². The molecular formula is C19H20N2O5S. The smallest absolute Gasteiger partial charge is 0.336 e. The van der Waals surface area contributed by atoms with Gasteiger partial charge in [-0.15, -0.1) is 0 Å². The number of benzene rings is 2. The molecule has 2 aromatic carbocycles. The molecule has 0 spiro atoms. The van der Waals surface area contributed by atoms with E-state index < -0.39 is 28.6 Å². The number of hydrogen-bond acceptors (Lipinski definition) is 5. The van der Waals surface area contributed by atoms with Crippen molar-refractivity contribution in [2.45, 2.75) is 6.92 Å². The minimum atomic E-state index is -4.05. The summed E-state index contributed by atoms with van der Waals surface area (Å²) in [6.45, 7) is 1.38. The summed E-state index contributed by atoms with van der Waals surface area (Å²) in [7, 11) is -4.05. The topological polar surface area (TPSA) is 92.8 Å². The van der Waals surface area contributed by atoms with E-state index in [0.717, 1.165) is 10.3 Å². The van der Waals surface area contributed by atoms with Gasteiger partial charge in [-0.2, -0.15) is 0 Å². The number of hydrogen-bond donors (Lipinski definition) is 1.